The number of Topliss-reactive ketones (excluding diaryl/α,β-unsaturated/α-hetero) is 1. The molecule has 1 aromatic heterocycles. The zero-order valence-electron chi connectivity index (χ0n) is 17.1. The molecule has 0 aliphatic heterocycles. The average molecular weight is 400 g/mol. The Morgan fingerprint density at radius 3 is 2.40 bits per heavy atom. The third-order valence-electron chi connectivity index (χ3n) is 5.60. The summed E-state index contributed by atoms with van der Waals surface area (Å²) in [5, 5.41) is 2.90. The van der Waals surface area contributed by atoms with Crippen LogP contribution >= 0.6 is 0 Å². The molecule has 0 radical (unpaired) electrons. The molecule has 5 nitrogen and oxygen atoms in total. The maximum absolute atomic E-state index is 13.4. The number of pyridine rings is 1. The van der Waals surface area contributed by atoms with Gasteiger partial charge in [-0.05, 0) is 50.5 Å². The van der Waals surface area contributed by atoms with Gasteiger partial charge in [0.05, 0.1) is 6.04 Å². The number of ketones is 1. The highest BCUT2D eigenvalue weighted by molar-refractivity contribution is 6.02. The Balaban J connectivity index is 1.80. The van der Waals surface area contributed by atoms with Gasteiger partial charge in [-0.15, -0.1) is 0 Å². The zero-order valence-corrected chi connectivity index (χ0v) is 17.1. The van der Waals surface area contributed by atoms with Crippen molar-refractivity contribution in [3.05, 3.63) is 99.0 Å². The quantitative estimate of drug-likeness (QED) is 0.715. The normalized spacial score (nSPS) is 14.1. The molecule has 0 bridgehead atoms. The van der Waals surface area contributed by atoms with Crippen molar-refractivity contribution in [3.8, 4) is 5.69 Å². The van der Waals surface area contributed by atoms with Crippen LogP contribution in [-0.2, 0) is 6.42 Å². The number of aromatic nitrogens is 1. The van der Waals surface area contributed by atoms with Gasteiger partial charge in [-0.2, -0.15) is 0 Å². The fourth-order valence-electron chi connectivity index (χ4n) is 3.92. The topological polar surface area (TPSA) is 68.2 Å². The molecular weight excluding hydrogens is 376 g/mol. The van der Waals surface area contributed by atoms with Crippen LogP contribution in [-0.4, -0.2) is 16.3 Å². The molecule has 3 aromatic rings. The van der Waals surface area contributed by atoms with Crippen LogP contribution in [0.25, 0.3) is 5.69 Å². The van der Waals surface area contributed by atoms with Crippen LogP contribution in [0, 0.1) is 6.92 Å². The van der Waals surface area contributed by atoms with E-state index in [-0.39, 0.29) is 17.4 Å². The van der Waals surface area contributed by atoms with E-state index in [1.54, 1.807) is 0 Å². The van der Waals surface area contributed by atoms with Gasteiger partial charge in [-0.25, -0.2) is 0 Å². The summed E-state index contributed by atoms with van der Waals surface area (Å²) in [4.78, 5) is 39.0. The van der Waals surface area contributed by atoms with Crippen LogP contribution < -0.4 is 10.9 Å². The summed E-state index contributed by atoms with van der Waals surface area (Å²) in [7, 11) is 0. The van der Waals surface area contributed by atoms with E-state index >= 15 is 0 Å². The Bertz CT molecular complexity index is 1160. The Labute approximate surface area is 175 Å². The van der Waals surface area contributed by atoms with Crippen LogP contribution in [0.2, 0.25) is 0 Å². The van der Waals surface area contributed by atoms with Crippen molar-refractivity contribution in [1.29, 1.82) is 0 Å². The Hall–Kier alpha value is -3.47. The molecule has 0 saturated carbocycles. The van der Waals surface area contributed by atoms with Crippen molar-refractivity contribution in [3.63, 3.8) is 0 Å². The van der Waals surface area contributed by atoms with E-state index in [0.717, 1.165) is 11.1 Å². The Morgan fingerprint density at radius 2 is 1.70 bits per heavy atom. The molecule has 30 heavy (non-hydrogen) atoms. The summed E-state index contributed by atoms with van der Waals surface area (Å²) in [6.45, 7) is 3.84. The van der Waals surface area contributed by atoms with Crippen LogP contribution in [0.4, 0.5) is 0 Å². The third-order valence-corrected chi connectivity index (χ3v) is 5.60. The summed E-state index contributed by atoms with van der Waals surface area (Å²) in [6, 6.07) is 18.3. The molecule has 0 fully saturated rings. The number of hydrogen-bond donors (Lipinski definition) is 1. The van der Waals surface area contributed by atoms with Gasteiger partial charge in [0.2, 0.25) is 0 Å². The second-order valence-corrected chi connectivity index (χ2v) is 7.78. The molecule has 0 saturated heterocycles. The van der Waals surface area contributed by atoms with Gasteiger partial charge in [0.1, 0.15) is 5.56 Å². The van der Waals surface area contributed by atoms with Gasteiger partial charge < -0.3 is 5.32 Å². The van der Waals surface area contributed by atoms with Crippen molar-refractivity contribution in [1.82, 2.24) is 9.88 Å². The SMILES string of the molecule is Cc1ccc(-n2c3c(cc(C(=O)NC(C)c4ccccc4)c2=O)C(=O)CCC3)cc1. The first kappa shape index (κ1) is 19.8. The van der Waals surface area contributed by atoms with Gasteiger partial charge in [0.15, 0.2) is 5.78 Å². The number of rotatable bonds is 4. The molecular formula is C25H24N2O3. The van der Waals surface area contributed by atoms with Crippen LogP contribution in [0.5, 0.6) is 0 Å². The molecule has 152 valence electrons. The largest absolute Gasteiger partial charge is 0.345 e. The average Bonchev–Trinajstić information content (AvgIpc) is 2.75. The lowest BCUT2D eigenvalue weighted by Crippen LogP contribution is -2.37. The number of carbonyl (C=O) groups is 2. The Kier molecular flexibility index (Phi) is 5.36. The number of carbonyl (C=O) groups excluding carboxylic acids is 2. The summed E-state index contributed by atoms with van der Waals surface area (Å²) in [5.41, 5.74) is 3.44. The fraction of sp³-hybridized carbons (Fsp3) is 0.240. The molecule has 1 N–H and O–H groups in total. The zero-order chi connectivity index (χ0) is 21.3. The first-order valence-electron chi connectivity index (χ1n) is 10.2. The van der Waals surface area contributed by atoms with E-state index in [4.69, 9.17) is 0 Å². The molecule has 1 aliphatic rings. The summed E-state index contributed by atoms with van der Waals surface area (Å²) >= 11 is 0. The van der Waals surface area contributed by atoms with Crippen molar-refractivity contribution >= 4 is 11.7 Å². The molecule has 1 atom stereocenters. The van der Waals surface area contributed by atoms with Gasteiger partial charge >= 0.3 is 0 Å². The minimum absolute atomic E-state index is 0.00708. The maximum Gasteiger partial charge on any atom is 0.268 e. The first-order valence-corrected chi connectivity index (χ1v) is 10.2. The number of nitrogens with zero attached hydrogens (tertiary/aromatic N) is 1. The molecule has 1 unspecified atom stereocenters. The number of fused-ring (bicyclic) bond motifs is 1. The van der Waals surface area contributed by atoms with Crippen molar-refractivity contribution in [2.75, 3.05) is 0 Å². The first-order chi connectivity index (χ1) is 14.5. The second kappa shape index (κ2) is 8.11. The molecule has 1 aliphatic carbocycles. The predicted octanol–water partition coefficient (Wildman–Crippen LogP) is 4.16. The van der Waals surface area contributed by atoms with Gasteiger partial charge in [0, 0.05) is 23.4 Å². The highest BCUT2D eigenvalue weighted by atomic mass is 16.2. The highest BCUT2D eigenvalue weighted by Crippen LogP contribution is 2.24. The highest BCUT2D eigenvalue weighted by Gasteiger charge is 2.26. The molecule has 2 aromatic carbocycles. The molecule has 1 heterocycles. The van der Waals surface area contributed by atoms with Crippen molar-refractivity contribution in [2.24, 2.45) is 0 Å². The number of nitrogens with one attached hydrogen (secondary N) is 1. The van der Waals surface area contributed by atoms with Gasteiger partial charge in [0.25, 0.3) is 11.5 Å². The summed E-state index contributed by atoms with van der Waals surface area (Å²) in [5.74, 6) is -0.499. The van der Waals surface area contributed by atoms with E-state index < -0.39 is 11.5 Å². The number of benzene rings is 2. The second-order valence-electron chi connectivity index (χ2n) is 7.78. The van der Waals surface area contributed by atoms with Gasteiger partial charge in [-0.1, -0.05) is 48.0 Å². The minimum Gasteiger partial charge on any atom is -0.345 e. The molecule has 5 heteroatoms. The lowest BCUT2D eigenvalue weighted by atomic mass is 9.92. The lowest BCUT2D eigenvalue weighted by Gasteiger charge is -2.22. The third kappa shape index (κ3) is 3.71. The molecule has 1 amide bonds. The predicted molar refractivity (Wildman–Crippen MR) is 116 cm³/mol. The van der Waals surface area contributed by atoms with Crippen molar-refractivity contribution < 1.29 is 9.59 Å². The van der Waals surface area contributed by atoms with Crippen LogP contribution in [0.15, 0.2) is 65.5 Å². The lowest BCUT2D eigenvalue weighted by molar-refractivity contribution is 0.0938. The van der Waals surface area contributed by atoms with Crippen LogP contribution in [0.1, 0.15) is 63.3 Å². The van der Waals surface area contributed by atoms with E-state index in [0.29, 0.717) is 36.2 Å². The minimum atomic E-state index is -0.474. The number of hydrogen-bond acceptors (Lipinski definition) is 3. The van der Waals surface area contributed by atoms with Gasteiger partial charge in [-0.3, -0.25) is 19.0 Å². The maximum atomic E-state index is 13.4. The molecule has 4 rings (SSSR count). The molecule has 0 spiro atoms. The van der Waals surface area contributed by atoms with E-state index in [2.05, 4.69) is 5.32 Å². The van der Waals surface area contributed by atoms with Crippen LogP contribution in [0.3, 0.4) is 0 Å². The van der Waals surface area contributed by atoms with Crippen molar-refractivity contribution in [2.45, 2.75) is 39.2 Å². The van der Waals surface area contributed by atoms with E-state index in [1.165, 1.54) is 10.6 Å². The number of amides is 1. The summed E-state index contributed by atoms with van der Waals surface area (Å²) in [6.07, 6.45) is 1.76. The standard InChI is InChI=1S/C25H24N2O3/c1-16-11-13-19(14-12-16)27-22-9-6-10-23(28)20(22)15-21(25(27)30)24(29)26-17(2)18-7-4-3-5-8-18/h3-5,7-8,11-15,17H,6,9-10H2,1-2H3,(H,26,29). The monoisotopic (exact) mass is 400 g/mol. The van der Waals surface area contributed by atoms with E-state index in [9.17, 15) is 14.4 Å². The summed E-state index contributed by atoms with van der Waals surface area (Å²) < 4.78 is 1.54. The Morgan fingerprint density at radius 1 is 1.00 bits per heavy atom. The van der Waals surface area contributed by atoms with E-state index in [1.807, 2.05) is 68.4 Å². The number of aryl methyl sites for hydroxylation is 1. The smallest absolute Gasteiger partial charge is 0.268 e. The fourth-order valence-corrected chi connectivity index (χ4v) is 3.92.